The second kappa shape index (κ2) is 9.22. The number of aromatic nitrogens is 2. The van der Waals surface area contributed by atoms with Gasteiger partial charge in [-0.25, -0.2) is 9.07 Å². The topological polar surface area (TPSA) is 50.2 Å². The van der Waals surface area contributed by atoms with Gasteiger partial charge in [-0.05, 0) is 56.1 Å². The van der Waals surface area contributed by atoms with Crippen LogP contribution in [0.3, 0.4) is 0 Å². The molecule has 0 spiro atoms. The zero-order chi connectivity index (χ0) is 20.9. The maximum atomic E-state index is 14.1. The first-order chi connectivity index (χ1) is 14.6. The molecule has 2 heterocycles. The van der Waals surface area contributed by atoms with Crippen LogP contribution < -0.4 is 5.32 Å². The Morgan fingerprint density at radius 3 is 2.47 bits per heavy atom. The van der Waals surface area contributed by atoms with Crippen molar-refractivity contribution < 1.29 is 9.18 Å². The van der Waals surface area contributed by atoms with Gasteiger partial charge in [0.1, 0.15) is 11.5 Å². The van der Waals surface area contributed by atoms with E-state index in [4.69, 9.17) is 0 Å². The van der Waals surface area contributed by atoms with E-state index in [9.17, 15) is 9.18 Å². The Labute approximate surface area is 176 Å². The van der Waals surface area contributed by atoms with Crippen molar-refractivity contribution in [2.45, 2.75) is 39.3 Å². The molecule has 156 valence electrons. The highest BCUT2D eigenvalue weighted by Crippen LogP contribution is 2.17. The molecule has 1 fully saturated rings. The molecule has 0 aliphatic carbocycles. The summed E-state index contributed by atoms with van der Waals surface area (Å²) in [7, 11) is 0. The Morgan fingerprint density at radius 1 is 1.03 bits per heavy atom. The standard InChI is InChI=1S/C24H27FN4O/c1-18-21(16-27-29(18)23-8-4-3-7-22(23)25)24(30)26-15-19-9-11-20(12-10-19)17-28-13-5-2-6-14-28/h3-4,7-12,16H,2,5-6,13-15,17H2,1H3,(H,26,30). The molecule has 3 aromatic rings. The Morgan fingerprint density at radius 2 is 1.73 bits per heavy atom. The summed E-state index contributed by atoms with van der Waals surface area (Å²) in [6.07, 6.45) is 5.40. The summed E-state index contributed by atoms with van der Waals surface area (Å²) in [5.74, 6) is -0.590. The fourth-order valence-electron chi connectivity index (χ4n) is 3.91. The maximum Gasteiger partial charge on any atom is 0.255 e. The van der Waals surface area contributed by atoms with Crippen molar-refractivity contribution in [1.82, 2.24) is 20.0 Å². The molecule has 0 unspecified atom stereocenters. The molecule has 5 nitrogen and oxygen atoms in total. The highest BCUT2D eigenvalue weighted by atomic mass is 19.1. The number of hydrogen-bond acceptors (Lipinski definition) is 3. The number of carbonyl (C=O) groups is 1. The molecule has 1 amide bonds. The number of carbonyl (C=O) groups excluding carboxylic acids is 1. The lowest BCUT2D eigenvalue weighted by atomic mass is 10.1. The smallest absolute Gasteiger partial charge is 0.255 e. The molecule has 1 aliphatic heterocycles. The predicted molar refractivity (Wildman–Crippen MR) is 115 cm³/mol. The Kier molecular flexibility index (Phi) is 6.23. The molecule has 0 atom stereocenters. The Bertz CT molecular complexity index is 1010. The highest BCUT2D eigenvalue weighted by Gasteiger charge is 2.16. The van der Waals surface area contributed by atoms with Crippen molar-refractivity contribution in [1.29, 1.82) is 0 Å². The van der Waals surface area contributed by atoms with Crippen LogP contribution in [0, 0.1) is 12.7 Å². The van der Waals surface area contributed by atoms with Crippen molar-refractivity contribution in [2.24, 2.45) is 0 Å². The summed E-state index contributed by atoms with van der Waals surface area (Å²) in [4.78, 5) is 15.1. The first-order valence-corrected chi connectivity index (χ1v) is 10.5. The summed E-state index contributed by atoms with van der Waals surface area (Å²) in [5.41, 5.74) is 3.73. The number of para-hydroxylation sites is 1. The summed E-state index contributed by atoms with van der Waals surface area (Å²) in [6, 6.07) is 14.8. The van der Waals surface area contributed by atoms with E-state index in [-0.39, 0.29) is 11.7 Å². The number of hydrogen-bond donors (Lipinski definition) is 1. The van der Waals surface area contributed by atoms with Crippen LogP contribution in [0.4, 0.5) is 4.39 Å². The predicted octanol–water partition coefficient (Wildman–Crippen LogP) is 4.24. The van der Waals surface area contributed by atoms with Gasteiger partial charge in [-0.2, -0.15) is 5.10 Å². The van der Waals surface area contributed by atoms with Crippen molar-refractivity contribution in [3.05, 3.63) is 82.9 Å². The lowest BCUT2D eigenvalue weighted by Gasteiger charge is -2.26. The third-order valence-corrected chi connectivity index (χ3v) is 5.67. The maximum absolute atomic E-state index is 14.1. The van der Waals surface area contributed by atoms with Gasteiger partial charge in [0, 0.05) is 13.1 Å². The van der Waals surface area contributed by atoms with Gasteiger partial charge < -0.3 is 5.32 Å². The van der Waals surface area contributed by atoms with E-state index in [1.54, 1.807) is 25.1 Å². The number of nitrogens with one attached hydrogen (secondary N) is 1. The minimum atomic E-state index is -0.375. The van der Waals surface area contributed by atoms with E-state index in [2.05, 4.69) is 39.6 Å². The average Bonchev–Trinajstić information content (AvgIpc) is 3.15. The Hall–Kier alpha value is -2.99. The average molecular weight is 407 g/mol. The van der Waals surface area contributed by atoms with Crippen LogP contribution in [-0.4, -0.2) is 33.7 Å². The lowest BCUT2D eigenvalue weighted by Crippen LogP contribution is -2.29. The molecule has 0 radical (unpaired) electrons. The molecular weight excluding hydrogens is 379 g/mol. The van der Waals surface area contributed by atoms with E-state index < -0.39 is 0 Å². The molecule has 4 rings (SSSR count). The number of halogens is 1. The summed E-state index contributed by atoms with van der Waals surface area (Å²) < 4.78 is 15.5. The van der Waals surface area contributed by atoms with Gasteiger partial charge >= 0.3 is 0 Å². The minimum absolute atomic E-state index is 0.215. The van der Waals surface area contributed by atoms with E-state index in [0.29, 0.717) is 23.5 Å². The van der Waals surface area contributed by atoms with Crippen molar-refractivity contribution in [2.75, 3.05) is 13.1 Å². The van der Waals surface area contributed by atoms with Crippen molar-refractivity contribution in [3.8, 4) is 5.69 Å². The third kappa shape index (κ3) is 4.60. The van der Waals surface area contributed by atoms with Crippen LogP contribution in [-0.2, 0) is 13.1 Å². The van der Waals surface area contributed by atoms with E-state index in [1.807, 2.05) is 0 Å². The van der Waals surface area contributed by atoms with Gasteiger partial charge in [0.15, 0.2) is 0 Å². The van der Waals surface area contributed by atoms with Gasteiger partial charge in [0.25, 0.3) is 5.91 Å². The lowest BCUT2D eigenvalue weighted by molar-refractivity contribution is 0.0950. The number of nitrogens with zero attached hydrogens (tertiary/aromatic N) is 3. The zero-order valence-corrected chi connectivity index (χ0v) is 17.3. The monoisotopic (exact) mass is 406 g/mol. The first kappa shape index (κ1) is 20.3. The van der Waals surface area contributed by atoms with Crippen molar-refractivity contribution >= 4 is 5.91 Å². The molecule has 6 heteroatoms. The largest absolute Gasteiger partial charge is 0.348 e. The SMILES string of the molecule is Cc1c(C(=O)NCc2ccc(CN3CCCCC3)cc2)cnn1-c1ccccc1F. The molecule has 30 heavy (non-hydrogen) atoms. The van der Waals surface area contributed by atoms with E-state index in [0.717, 1.165) is 12.1 Å². The zero-order valence-electron chi connectivity index (χ0n) is 17.3. The third-order valence-electron chi connectivity index (χ3n) is 5.67. The van der Waals surface area contributed by atoms with Crippen LogP contribution in [0.15, 0.2) is 54.7 Å². The van der Waals surface area contributed by atoms with Gasteiger partial charge in [0.05, 0.1) is 17.5 Å². The highest BCUT2D eigenvalue weighted by molar-refractivity contribution is 5.95. The van der Waals surface area contributed by atoms with Gasteiger partial charge in [0.2, 0.25) is 0 Å². The van der Waals surface area contributed by atoms with Crippen LogP contribution in [0.1, 0.15) is 46.4 Å². The van der Waals surface area contributed by atoms with Crippen LogP contribution in [0.25, 0.3) is 5.69 Å². The quantitative estimate of drug-likeness (QED) is 0.666. The molecule has 2 aromatic carbocycles. The molecule has 0 saturated carbocycles. The van der Waals surface area contributed by atoms with E-state index in [1.165, 1.54) is 54.9 Å². The molecule has 1 aromatic heterocycles. The fourth-order valence-corrected chi connectivity index (χ4v) is 3.91. The molecule has 1 N–H and O–H groups in total. The summed E-state index contributed by atoms with van der Waals surface area (Å²) >= 11 is 0. The number of benzene rings is 2. The number of amides is 1. The van der Waals surface area contributed by atoms with Gasteiger partial charge in [-0.1, -0.05) is 42.8 Å². The number of likely N-dealkylation sites (tertiary alicyclic amines) is 1. The van der Waals surface area contributed by atoms with Gasteiger partial charge in [-0.3, -0.25) is 9.69 Å². The summed E-state index contributed by atoms with van der Waals surface area (Å²) in [6.45, 7) is 5.55. The van der Waals surface area contributed by atoms with Crippen LogP contribution >= 0.6 is 0 Å². The second-order valence-electron chi connectivity index (χ2n) is 7.84. The normalized spacial score (nSPS) is 14.6. The minimum Gasteiger partial charge on any atom is -0.348 e. The fraction of sp³-hybridized carbons (Fsp3) is 0.333. The van der Waals surface area contributed by atoms with E-state index >= 15 is 0 Å². The number of piperidine rings is 1. The molecular formula is C24H27FN4O. The van der Waals surface area contributed by atoms with Crippen LogP contribution in [0.5, 0.6) is 0 Å². The molecule has 1 saturated heterocycles. The Balaban J connectivity index is 1.36. The molecule has 0 bridgehead atoms. The van der Waals surface area contributed by atoms with Crippen LogP contribution in [0.2, 0.25) is 0 Å². The van der Waals surface area contributed by atoms with Crippen molar-refractivity contribution in [3.63, 3.8) is 0 Å². The summed E-state index contributed by atoms with van der Waals surface area (Å²) in [5, 5.41) is 7.14. The van der Waals surface area contributed by atoms with Gasteiger partial charge in [-0.15, -0.1) is 0 Å². The first-order valence-electron chi connectivity index (χ1n) is 10.5. The number of rotatable bonds is 6. The molecule has 1 aliphatic rings. The second-order valence-corrected chi connectivity index (χ2v) is 7.84.